The van der Waals surface area contributed by atoms with Gasteiger partial charge in [-0.05, 0) is 29.3 Å². The zero-order valence-corrected chi connectivity index (χ0v) is 13.8. The molecular formula is C17H14F3NO5. The molecule has 0 aromatic heterocycles. The van der Waals surface area contributed by atoms with Crippen molar-refractivity contribution < 1.29 is 32.4 Å². The van der Waals surface area contributed by atoms with Crippen molar-refractivity contribution in [3.8, 4) is 16.9 Å². The average molecular weight is 369 g/mol. The van der Waals surface area contributed by atoms with E-state index in [1.54, 1.807) is 0 Å². The van der Waals surface area contributed by atoms with E-state index in [0.29, 0.717) is 0 Å². The number of rotatable bonds is 5. The van der Waals surface area contributed by atoms with Gasteiger partial charge in [0.05, 0.1) is 17.6 Å². The van der Waals surface area contributed by atoms with Crippen molar-refractivity contribution in [3.63, 3.8) is 0 Å². The molecule has 0 N–H and O–H groups in total. The van der Waals surface area contributed by atoms with Gasteiger partial charge in [-0.3, -0.25) is 14.9 Å². The molecule has 0 spiro atoms. The van der Waals surface area contributed by atoms with Gasteiger partial charge in [-0.1, -0.05) is 6.07 Å². The summed E-state index contributed by atoms with van der Waals surface area (Å²) in [5.74, 6) is -0.641. The van der Waals surface area contributed by atoms with E-state index in [4.69, 9.17) is 9.47 Å². The number of halogens is 3. The summed E-state index contributed by atoms with van der Waals surface area (Å²) in [6.07, 6.45) is -4.68. The van der Waals surface area contributed by atoms with Crippen LogP contribution in [0.1, 0.15) is 18.1 Å². The average Bonchev–Trinajstić information content (AvgIpc) is 2.58. The fourth-order valence-corrected chi connectivity index (χ4v) is 2.37. The van der Waals surface area contributed by atoms with E-state index in [1.165, 1.54) is 25.3 Å². The lowest BCUT2D eigenvalue weighted by atomic mass is 9.94. The molecule has 2 rings (SSSR count). The highest BCUT2D eigenvalue weighted by Crippen LogP contribution is 2.41. The quantitative estimate of drug-likeness (QED) is 0.445. The van der Waals surface area contributed by atoms with Crippen LogP contribution in [0.15, 0.2) is 36.4 Å². The Morgan fingerprint density at radius 2 is 1.81 bits per heavy atom. The Labute approximate surface area is 146 Å². The minimum atomic E-state index is -4.68. The molecule has 0 radical (unpaired) electrons. The Morgan fingerprint density at radius 3 is 2.35 bits per heavy atom. The predicted octanol–water partition coefficient (Wildman–Crippen LogP) is 4.35. The van der Waals surface area contributed by atoms with Crippen LogP contribution in [0, 0.1) is 10.1 Å². The highest BCUT2D eigenvalue weighted by molar-refractivity contribution is 5.74. The summed E-state index contributed by atoms with van der Waals surface area (Å²) >= 11 is 0. The van der Waals surface area contributed by atoms with E-state index in [2.05, 4.69) is 0 Å². The second kappa shape index (κ2) is 7.42. The number of alkyl halides is 3. The smallest absolute Gasteiger partial charge is 0.417 e. The number of ether oxygens (including phenoxy) is 2. The standard InChI is InChI=1S/C17H14F3NO5/c1-10(22)26-9-11-7-12(21(23)24)3-5-14(11)15-6-4-13(25-2)8-16(15)17(18,19)20/h3-8H,9H2,1-2H3. The molecule has 0 bridgehead atoms. The highest BCUT2D eigenvalue weighted by Gasteiger charge is 2.35. The minimum absolute atomic E-state index is 0.0181. The lowest BCUT2D eigenvalue weighted by molar-refractivity contribution is -0.384. The topological polar surface area (TPSA) is 78.7 Å². The first kappa shape index (κ1) is 19.2. The number of esters is 1. The molecule has 0 saturated carbocycles. The Morgan fingerprint density at radius 1 is 1.15 bits per heavy atom. The van der Waals surface area contributed by atoms with E-state index in [1.807, 2.05) is 0 Å². The molecule has 2 aromatic carbocycles. The lowest BCUT2D eigenvalue weighted by Crippen LogP contribution is -2.09. The number of nitro groups is 1. The molecule has 0 aliphatic carbocycles. The number of hydrogen-bond acceptors (Lipinski definition) is 5. The minimum Gasteiger partial charge on any atom is -0.497 e. The zero-order valence-electron chi connectivity index (χ0n) is 13.8. The van der Waals surface area contributed by atoms with Crippen LogP contribution >= 0.6 is 0 Å². The molecule has 2 aromatic rings. The fraction of sp³-hybridized carbons (Fsp3) is 0.235. The van der Waals surface area contributed by atoms with Crippen molar-refractivity contribution in [1.29, 1.82) is 0 Å². The number of hydrogen-bond donors (Lipinski definition) is 0. The van der Waals surface area contributed by atoms with Crippen molar-refractivity contribution in [2.45, 2.75) is 19.7 Å². The molecule has 6 nitrogen and oxygen atoms in total. The van der Waals surface area contributed by atoms with Gasteiger partial charge < -0.3 is 9.47 Å². The Kier molecular flexibility index (Phi) is 5.49. The summed E-state index contributed by atoms with van der Waals surface area (Å²) in [4.78, 5) is 21.3. The van der Waals surface area contributed by atoms with Crippen LogP contribution in [0.25, 0.3) is 11.1 Å². The Bertz CT molecular complexity index is 849. The van der Waals surface area contributed by atoms with Gasteiger partial charge in [0, 0.05) is 24.6 Å². The lowest BCUT2D eigenvalue weighted by Gasteiger charge is -2.17. The summed E-state index contributed by atoms with van der Waals surface area (Å²) in [6, 6.07) is 6.78. The monoisotopic (exact) mass is 369 g/mol. The van der Waals surface area contributed by atoms with E-state index < -0.39 is 29.2 Å². The van der Waals surface area contributed by atoms with Crippen molar-refractivity contribution in [2.24, 2.45) is 0 Å². The molecule has 0 heterocycles. The van der Waals surface area contributed by atoms with Gasteiger partial charge in [-0.15, -0.1) is 0 Å². The van der Waals surface area contributed by atoms with Crippen LogP contribution in [0.4, 0.5) is 18.9 Å². The summed E-state index contributed by atoms with van der Waals surface area (Å²) in [6.45, 7) is 0.737. The molecule has 0 aliphatic heterocycles. The molecule has 9 heteroatoms. The van der Waals surface area contributed by atoms with E-state index in [0.717, 1.165) is 25.1 Å². The Balaban J connectivity index is 2.66. The first-order valence-electron chi connectivity index (χ1n) is 7.29. The van der Waals surface area contributed by atoms with Gasteiger partial charge in [0.1, 0.15) is 12.4 Å². The SMILES string of the molecule is COc1ccc(-c2ccc([N+](=O)[O-])cc2COC(C)=O)c(C(F)(F)F)c1. The summed E-state index contributed by atoms with van der Waals surface area (Å²) in [5, 5.41) is 11.0. The first-order valence-corrected chi connectivity index (χ1v) is 7.29. The molecule has 0 aliphatic rings. The Hall–Kier alpha value is -3.10. The summed E-state index contributed by atoms with van der Waals surface area (Å²) < 4.78 is 50.0. The number of nitrogens with zero attached hydrogens (tertiary/aromatic N) is 1. The van der Waals surface area contributed by atoms with Crippen molar-refractivity contribution in [1.82, 2.24) is 0 Å². The van der Waals surface area contributed by atoms with Crippen LogP contribution < -0.4 is 4.74 Å². The molecule has 0 fully saturated rings. The first-order chi connectivity index (χ1) is 12.1. The molecular weight excluding hydrogens is 355 g/mol. The molecule has 0 amide bonds. The molecule has 0 saturated heterocycles. The van der Waals surface area contributed by atoms with E-state index >= 15 is 0 Å². The fourth-order valence-electron chi connectivity index (χ4n) is 2.37. The third-order valence-corrected chi connectivity index (χ3v) is 3.55. The van der Waals surface area contributed by atoms with Crippen LogP contribution in [-0.4, -0.2) is 18.0 Å². The van der Waals surface area contributed by atoms with Crippen molar-refractivity contribution >= 4 is 11.7 Å². The van der Waals surface area contributed by atoms with Crippen molar-refractivity contribution in [3.05, 3.63) is 57.6 Å². The maximum Gasteiger partial charge on any atom is 0.417 e. The second-order valence-electron chi connectivity index (χ2n) is 5.29. The predicted molar refractivity (Wildman–Crippen MR) is 85.6 cm³/mol. The number of benzene rings is 2. The molecule has 138 valence electrons. The number of carbonyl (C=O) groups excluding carboxylic acids is 1. The third-order valence-electron chi connectivity index (χ3n) is 3.55. The van der Waals surface area contributed by atoms with Gasteiger partial charge in [0.15, 0.2) is 0 Å². The largest absolute Gasteiger partial charge is 0.497 e. The number of nitro benzene ring substituents is 1. The third kappa shape index (κ3) is 4.29. The maximum atomic E-state index is 13.5. The summed E-state index contributed by atoms with van der Waals surface area (Å²) in [7, 11) is 1.24. The van der Waals surface area contributed by atoms with Crippen LogP contribution in [-0.2, 0) is 22.3 Å². The van der Waals surface area contributed by atoms with Crippen molar-refractivity contribution in [2.75, 3.05) is 7.11 Å². The van der Waals surface area contributed by atoms with Gasteiger partial charge in [0.2, 0.25) is 0 Å². The number of non-ortho nitro benzene ring substituents is 1. The molecule has 26 heavy (non-hydrogen) atoms. The second-order valence-corrected chi connectivity index (χ2v) is 5.29. The highest BCUT2D eigenvalue weighted by atomic mass is 19.4. The zero-order chi connectivity index (χ0) is 19.5. The van der Waals surface area contributed by atoms with E-state index in [-0.39, 0.29) is 28.1 Å². The number of methoxy groups -OCH3 is 1. The van der Waals surface area contributed by atoms with Crippen LogP contribution in [0.3, 0.4) is 0 Å². The van der Waals surface area contributed by atoms with Crippen LogP contribution in [0.5, 0.6) is 5.75 Å². The van der Waals surface area contributed by atoms with Crippen LogP contribution in [0.2, 0.25) is 0 Å². The molecule has 0 unspecified atom stereocenters. The normalized spacial score (nSPS) is 11.1. The number of carbonyl (C=O) groups is 1. The van der Waals surface area contributed by atoms with E-state index in [9.17, 15) is 28.1 Å². The molecule has 0 atom stereocenters. The maximum absolute atomic E-state index is 13.5. The van der Waals surface area contributed by atoms with Gasteiger partial charge in [-0.25, -0.2) is 0 Å². The van der Waals surface area contributed by atoms with Gasteiger partial charge in [0.25, 0.3) is 5.69 Å². The summed E-state index contributed by atoms with van der Waals surface area (Å²) in [5.41, 5.74) is -1.32. The van der Waals surface area contributed by atoms with Gasteiger partial charge >= 0.3 is 12.1 Å². The van der Waals surface area contributed by atoms with Gasteiger partial charge in [-0.2, -0.15) is 13.2 Å².